The molecule has 1 aliphatic heterocycles. The Labute approximate surface area is 103 Å². The number of aliphatic hydroxyl groups is 1. The van der Waals surface area contributed by atoms with Crippen molar-refractivity contribution in [2.75, 3.05) is 18.0 Å². The minimum absolute atomic E-state index is 0.103. The van der Waals surface area contributed by atoms with Crippen LogP contribution in [-0.4, -0.2) is 23.2 Å². The number of pyridine rings is 1. The number of hydrogen-bond donors (Lipinski definition) is 1. The average Bonchev–Trinajstić information content (AvgIpc) is 2.38. The van der Waals surface area contributed by atoms with Crippen LogP contribution in [0.1, 0.15) is 37.9 Å². The zero-order valence-electron chi connectivity index (χ0n) is 10.8. The number of piperidine rings is 1. The van der Waals surface area contributed by atoms with E-state index in [9.17, 15) is 5.11 Å². The van der Waals surface area contributed by atoms with Crippen molar-refractivity contribution in [1.29, 1.82) is 0 Å². The smallest absolute Gasteiger partial charge is 0.129 e. The molecule has 1 saturated heterocycles. The summed E-state index contributed by atoms with van der Waals surface area (Å²) in [6.07, 6.45) is 3.48. The van der Waals surface area contributed by atoms with Gasteiger partial charge in [-0.2, -0.15) is 0 Å². The Kier molecular flexibility index (Phi) is 4.00. The number of aryl methyl sites for hydroxylation is 1. The first-order valence-electron chi connectivity index (χ1n) is 6.58. The minimum Gasteiger partial charge on any atom is -0.392 e. The van der Waals surface area contributed by atoms with Crippen LogP contribution in [0.4, 0.5) is 5.82 Å². The largest absolute Gasteiger partial charge is 0.392 e. The highest BCUT2D eigenvalue weighted by Gasteiger charge is 2.18. The highest BCUT2D eigenvalue weighted by molar-refractivity contribution is 5.43. The van der Waals surface area contributed by atoms with E-state index in [0.717, 1.165) is 42.5 Å². The van der Waals surface area contributed by atoms with E-state index < -0.39 is 0 Å². The predicted molar refractivity (Wildman–Crippen MR) is 70.1 cm³/mol. The van der Waals surface area contributed by atoms with Gasteiger partial charge in [0, 0.05) is 18.8 Å². The molecule has 1 aromatic rings. The molecule has 1 aliphatic rings. The predicted octanol–water partition coefficient (Wildman–Crippen LogP) is 2.37. The van der Waals surface area contributed by atoms with Gasteiger partial charge in [-0.1, -0.05) is 13.8 Å². The zero-order valence-corrected chi connectivity index (χ0v) is 10.8. The Hall–Kier alpha value is -1.09. The van der Waals surface area contributed by atoms with Gasteiger partial charge in [0.25, 0.3) is 0 Å². The molecule has 1 aromatic heterocycles. The van der Waals surface area contributed by atoms with E-state index in [1.165, 1.54) is 12.8 Å². The maximum Gasteiger partial charge on any atom is 0.129 e. The molecule has 0 spiro atoms. The third-order valence-electron chi connectivity index (χ3n) is 3.45. The van der Waals surface area contributed by atoms with E-state index in [1.807, 2.05) is 12.1 Å². The molecule has 94 valence electrons. The SMILES string of the molecule is CCc1cc(CO)cc(N2CCCC(C)C2)n1. The quantitative estimate of drug-likeness (QED) is 0.872. The van der Waals surface area contributed by atoms with Gasteiger partial charge in [0.15, 0.2) is 0 Å². The summed E-state index contributed by atoms with van der Waals surface area (Å²) in [5, 5.41) is 9.29. The second-order valence-corrected chi connectivity index (χ2v) is 5.03. The van der Waals surface area contributed by atoms with E-state index in [4.69, 9.17) is 0 Å². The van der Waals surface area contributed by atoms with Crippen LogP contribution >= 0.6 is 0 Å². The Morgan fingerprint density at radius 2 is 2.29 bits per heavy atom. The summed E-state index contributed by atoms with van der Waals surface area (Å²) < 4.78 is 0. The molecule has 0 amide bonds. The highest BCUT2D eigenvalue weighted by atomic mass is 16.3. The van der Waals surface area contributed by atoms with Crippen molar-refractivity contribution in [3.63, 3.8) is 0 Å². The Morgan fingerprint density at radius 3 is 2.94 bits per heavy atom. The van der Waals surface area contributed by atoms with Crippen molar-refractivity contribution in [1.82, 2.24) is 4.98 Å². The lowest BCUT2D eigenvalue weighted by atomic mass is 10.0. The monoisotopic (exact) mass is 234 g/mol. The molecular formula is C14H22N2O. The molecular weight excluding hydrogens is 212 g/mol. The molecule has 0 aliphatic carbocycles. The number of aromatic nitrogens is 1. The van der Waals surface area contributed by atoms with Gasteiger partial charge in [0.2, 0.25) is 0 Å². The Morgan fingerprint density at radius 1 is 1.47 bits per heavy atom. The topological polar surface area (TPSA) is 36.4 Å². The van der Waals surface area contributed by atoms with E-state index in [-0.39, 0.29) is 6.61 Å². The van der Waals surface area contributed by atoms with Crippen molar-refractivity contribution in [3.8, 4) is 0 Å². The summed E-state index contributed by atoms with van der Waals surface area (Å²) in [6, 6.07) is 4.02. The molecule has 2 heterocycles. The standard InChI is InChI=1S/C14H22N2O/c1-3-13-7-12(10-17)8-14(15-13)16-6-4-5-11(2)9-16/h7-8,11,17H,3-6,9-10H2,1-2H3. The molecule has 1 fully saturated rings. The van der Waals surface area contributed by atoms with E-state index in [0.29, 0.717) is 0 Å². The molecule has 3 heteroatoms. The fourth-order valence-electron chi connectivity index (χ4n) is 2.47. The average molecular weight is 234 g/mol. The van der Waals surface area contributed by atoms with Crippen LogP contribution in [0.5, 0.6) is 0 Å². The van der Waals surface area contributed by atoms with E-state index in [1.54, 1.807) is 0 Å². The molecule has 0 bridgehead atoms. The second-order valence-electron chi connectivity index (χ2n) is 5.03. The number of hydrogen-bond acceptors (Lipinski definition) is 3. The summed E-state index contributed by atoms with van der Waals surface area (Å²) in [7, 11) is 0. The van der Waals surface area contributed by atoms with E-state index >= 15 is 0 Å². The van der Waals surface area contributed by atoms with Crippen LogP contribution in [0.2, 0.25) is 0 Å². The number of aliphatic hydroxyl groups excluding tert-OH is 1. The molecule has 1 atom stereocenters. The Balaban J connectivity index is 2.23. The van der Waals surface area contributed by atoms with Crippen molar-refractivity contribution in [2.24, 2.45) is 5.92 Å². The van der Waals surface area contributed by atoms with Crippen molar-refractivity contribution >= 4 is 5.82 Å². The van der Waals surface area contributed by atoms with Gasteiger partial charge in [-0.25, -0.2) is 4.98 Å². The summed E-state index contributed by atoms with van der Waals surface area (Å²) >= 11 is 0. The van der Waals surface area contributed by atoms with Crippen molar-refractivity contribution in [3.05, 3.63) is 23.4 Å². The normalized spacial score (nSPS) is 20.6. The molecule has 0 saturated carbocycles. The van der Waals surface area contributed by atoms with Gasteiger partial charge in [-0.15, -0.1) is 0 Å². The highest BCUT2D eigenvalue weighted by Crippen LogP contribution is 2.22. The molecule has 2 rings (SSSR count). The summed E-state index contributed by atoms with van der Waals surface area (Å²) in [6.45, 7) is 6.68. The summed E-state index contributed by atoms with van der Waals surface area (Å²) in [4.78, 5) is 7.03. The lowest BCUT2D eigenvalue weighted by Gasteiger charge is -2.32. The Bertz CT molecular complexity index is 356. The van der Waals surface area contributed by atoms with Gasteiger partial charge in [-0.05, 0) is 42.9 Å². The van der Waals surface area contributed by atoms with Gasteiger partial charge in [0.05, 0.1) is 6.61 Å². The van der Waals surface area contributed by atoms with Gasteiger partial charge in [0.1, 0.15) is 5.82 Å². The third-order valence-corrected chi connectivity index (χ3v) is 3.45. The van der Waals surface area contributed by atoms with Gasteiger partial charge in [-0.3, -0.25) is 0 Å². The fourth-order valence-corrected chi connectivity index (χ4v) is 2.47. The summed E-state index contributed by atoms with van der Waals surface area (Å²) in [5.41, 5.74) is 2.05. The van der Waals surface area contributed by atoms with Gasteiger partial charge >= 0.3 is 0 Å². The molecule has 0 aromatic carbocycles. The van der Waals surface area contributed by atoms with Crippen LogP contribution in [0.3, 0.4) is 0 Å². The fraction of sp³-hybridized carbons (Fsp3) is 0.643. The minimum atomic E-state index is 0.103. The first-order chi connectivity index (χ1) is 8.22. The summed E-state index contributed by atoms with van der Waals surface area (Å²) in [5.74, 6) is 1.79. The number of rotatable bonds is 3. The van der Waals surface area contributed by atoms with Crippen LogP contribution in [0.25, 0.3) is 0 Å². The van der Waals surface area contributed by atoms with Crippen molar-refractivity contribution < 1.29 is 5.11 Å². The molecule has 0 radical (unpaired) electrons. The zero-order chi connectivity index (χ0) is 12.3. The number of anilines is 1. The van der Waals surface area contributed by atoms with Crippen LogP contribution < -0.4 is 4.90 Å². The first-order valence-corrected chi connectivity index (χ1v) is 6.58. The van der Waals surface area contributed by atoms with Crippen LogP contribution in [0, 0.1) is 5.92 Å². The van der Waals surface area contributed by atoms with E-state index in [2.05, 4.69) is 23.7 Å². The van der Waals surface area contributed by atoms with Crippen LogP contribution in [0.15, 0.2) is 12.1 Å². The molecule has 1 N–H and O–H groups in total. The maximum absolute atomic E-state index is 9.29. The lowest BCUT2D eigenvalue weighted by Crippen LogP contribution is -2.35. The maximum atomic E-state index is 9.29. The first kappa shape index (κ1) is 12.4. The molecule has 17 heavy (non-hydrogen) atoms. The number of nitrogens with zero attached hydrogens (tertiary/aromatic N) is 2. The third kappa shape index (κ3) is 2.97. The second kappa shape index (κ2) is 5.50. The molecule has 1 unspecified atom stereocenters. The van der Waals surface area contributed by atoms with Gasteiger partial charge < -0.3 is 10.0 Å². The molecule has 3 nitrogen and oxygen atoms in total. The van der Waals surface area contributed by atoms with Crippen LogP contribution in [-0.2, 0) is 13.0 Å². The lowest BCUT2D eigenvalue weighted by molar-refractivity contribution is 0.281. The van der Waals surface area contributed by atoms with Crippen molar-refractivity contribution in [2.45, 2.75) is 39.7 Å².